The van der Waals surface area contributed by atoms with Crippen molar-refractivity contribution in [3.8, 4) is 5.75 Å². The molecule has 0 bridgehead atoms. The van der Waals surface area contributed by atoms with E-state index in [1.54, 1.807) is 13.8 Å². The molecule has 0 radical (unpaired) electrons. The number of hydrogen-bond acceptors (Lipinski definition) is 2. The highest BCUT2D eigenvalue weighted by Gasteiger charge is 2.16. The fraction of sp³-hybridized carbons (Fsp3) is 0.400. The first-order valence-corrected chi connectivity index (χ1v) is 4.63. The van der Waals surface area contributed by atoms with E-state index in [0.29, 0.717) is 12.0 Å². The van der Waals surface area contributed by atoms with E-state index >= 15 is 0 Å². The lowest BCUT2D eigenvalue weighted by Gasteiger charge is -2.19. The quantitative estimate of drug-likeness (QED) is 0.800. The summed E-state index contributed by atoms with van der Waals surface area (Å²) in [4.78, 5) is 0. The first-order chi connectivity index (χ1) is 6.29. The molecule has 0 fully saturated rings. The predicted molar refractivity (Wildman–Crippen MR) is 55.0 cm³/mol. The van der Waals surface area contributed by atoms with E-state index in [-0.39, 0.29) is 10.8 Å². The number of hydrogen-bond donors (Lipinski definition) is 2. The third-order valence-corrected chi connectivity index (χ3v) is 2.06. The molecule has 0 aliphatic rings. The van der Waals surface area contributed by atoms with Gasteiger partial charge in [0.25, 0.3) is 0 Å². The van der Waals surface area contributed by atoms with Crippen LogP contribution in [0.5, 0.6) is 5.75 Å². The molecule has 3 N–H and O–H groups in total. The van der Waals surface area contributed by atoms with Crippen LogP contribution in [-0.4, -0.2) is 10.6 Å². The van der Waals surface area contributed by atoms with Crippen LogP contribution in [0, 0.1) is 5.82 Å². The molecule has 78 valence electrons. The molecule has 0 atom stereocenters. The Hall–Kier alpha value is -0.800. The molecule has 0 saturated heterocycles. The normalized spacial score (nSPS) is 11.8. The van der Waals surface area contributed by atoms with Gasteiger partial charge in [-0.15, -0.1) is 0 Å². The maximum atomic E-state index is 13.3. The second-order valence-electron chi connectivity index (χ2n) is 4.06. The van der Waals surface area contributed by atoms with Gasteiger partial charge in [0.15, 0.2) is 0 Å². The summed E-state index contributed by atoms with van der Waals surface area (Å²) in [7, 11) is 0. The molecule has 0 amide bonds. The van der Waals surface area contributed by atoms with E-state index < -0.39 is 11.4 Å². The van der Waals surface area contributed by atoms with Crippen LogP contribution in [0.15, 0.2) is 12.1 Å². The Morgan fingerprint density at radius 1 is 1.50 bits per heavy atom. The van der Waals surface area contributed by atoms with Crippen LogP contribution < -0.4 is 5.73 Å². The summed E-state index contributed by atoms with van der Waals surface area (Å²) in [5, 5.41) is 9.26. The van der Waals surface area contributed by atoms with E-state index in [4.69, 9.17) is 22.4 Å². The molecule has 0 aliphatic carbocycles. The average Bonchev–Trinajstić information content (AvgIpc) is 1.97. The van der Waals surface area contributed by atoms with Gasteiger partial charge in [-0.1, -0.05) is 11.6 Å². The van der Waals surface area contributed by atoms with Gasteiger partial charge in [-0.3, -0.25) is 0 Å². The standard InChI is InChI=1S/C10H13ClFNO/c1-10(2,13)5-6-3-7(11)9(14)4-8(6)12/h3-4,14H,5,13H2,1-2H3. The van der Waals surface area contributed by atoms with Crippen molar-refractivity contribution in [3.63, 3.8) is 0 Å². The monoisotopic (exact) mass is 217 g/mol. The van der Waals surface area contributed by atoms with Crippen LogP contribution >= 0.6 is 11.6 Å². The first kappa shape index (κ1) is 11.3. The van der Waals surface area contributed by atoms with Gasteiger partial charge in [-0.25, -0.2) is 4.39 Å². The van der Waals surface area contributed by atoms with Crippen molar-refractivity contribution in [2.75, 3.05) is 0 Å². The van der Waals surface area contributed by atoms with E-state index in [1.807, 2.05) is 0 Å². The maximum absolute atomic E-state index is 13.3. The average molecular weight is 218 g/mol. The van der Waals surface area contributed by atoms with Gasteiger partial charge in [0, 0.05) is 11.6 Å². The van der Waals surface area contributed by atoms with Crippen molar-refractivity contribution in [1.82, 2.24) is 0 Å². The Morgan fingerprint density at radius 2 is 2.07 bits per heavy atom. The Morgan fingerprint density at radius 3 is 2.57 bits per heavy atom. The minimum atomic E-state index is -0.499. The number of phenols is 1. The molecule has 14 heavy (non-hydrogen) atoms. The Kier molecular flexibility index (Phi) is 3.02. The number of aromatic hydroxyl groups is 1. The molecule has 2 nitrogen and oxygen atoms in total. The highest BCUT2D eigenvalue weighted by Crippen LogP contribution is 2.27. The first-order valence-electron chi connectivity index (χ1n) is 4.25. The van der Waals surface area contributed by atoms with E-state index in [1.165, 1.54) is 6.07 Å². The summed E-state index contributed by atoms with van der Waals surface area (Å²) in [5.41, 5.74) is 5.67. The molecule has 1 aromatic rings. The van der Waals surface area contributed by atoms with Gasteiger partial charge in [0.05, 0.1) is 5.02 Å². The van der Waals surface area contributed by atoms with Crippen molar-refractivity contribution in [2.45, 2.75) is 25.8 Å². The van der Waals surface area contributed by atoms with Gasteiger partial charge >= 0.3 is 0 Å². The van der Waals surface area contributed by atoms with Crippen LogP contribution in [0.3, 0.4) is 0 Å². The summed E-state index contributed by atoms with van der Waals surface area (Å²) >= 11 is 5.66. The second kappa shape index (κ2) is 3.75. The topological polar surface area (TPSA) is 46.2 Å². The lowest BCUT2D eigenvalue weighted by molar-refractivity contribution is 0.462. The predicted octanol–water partition coefficient (Wildman–Crippen LogP) is 2.46. The number of halogens is 2. The zero-order valence-electron chi connectivity index (χ0n) is 8.14. The third kappa shape index (κ3) is 2.86. The Labute approximate surface area is 87.5 Å². The minimum absolute atomic E-state index is 0.144. The smallest absolute Gasteiger partial charge is 0.137 e. The van der Waals surface area contributed by atoms with Gasteiger partial charge in [-0.2, -0.15) is 0 Å². The molecular formula is C10H13ClFNO. The van der Waals surface area contributed by atoms with E-state index in [2.05, 4.69) is 0 Å². The second-order valence-corrected chi connectivity index (χ2v) is 4.47. The zero-order valence-corrected chi connectivity index (χ0v) is 8.90. The lowest BCUT2D eigenvalue weighted by atomic mass is 9.96. The molecule has 1 aromatic carbocycles. The minimum Gasteiger partial charge on any atom is -0.506 e. The van der Waals surface area contributed by atoms with Crippen LogP contribution in [0.2, 0.25) is 5.02 Å². The number of nitrogens with two attached hydrogens (primary N) is 1. The largest absolute Gasteiger partial charge is 0.506 e. The molecule has 0 unspecified atom stereocenters. The molecule has 4 heteroatoms. The van der Waals surface area contributed by atoms with Crippen LogP contribution in [-0.2, 0) is 6.42 Å². The van der Waals surface area contributed by atoms with Crippen LogP contribution in [0.1, 0.15) is 19.4 Å². The van der Waals surface area contributed by atoms with Crippen molar-refractivity contribution in [1.29, 1.82) is 0 Å². The Balaban J connectivity index is 3.04. The lowest BCUT2D eigenvalue weighted by Crippen LogP contribution is -2.34. The van der Waals surface area contributed by atoms with Crippen molar-refractivity contribution < 1.29 is 9.50 Å². The molecule has 0 saturated carbocycles. The van der Waals surface area contributed by atoms with Gasteiger partial charge in [-0.05, 0) is 31.9 Å². The SMILES string of the molecule is CC(C)(N)Cc1cc(Cl)c(O)cc1F. The van der Waals surface area contributed by atoms with Crippen molar-refractivity contribution >= 4 is 11.6 Å². The van der Waals surface area contributed by atoms with Gasteiger partial charge in [0.2, 0.25) is 0 Å². The van der Waals surface area contributed by atoms with E-state index in [9.17, 15) is 4.39 Å². The fourth-order valence-electron chi connectivity index (χ4n) is 1.20. The summed E-state index contributed by atoms with van der Waals surface area (Å²) in [6.45, 7) is 3.60. The number of phenolic OH excluding ortho intramolecular Hbond substituents is 1. The fourth-order valence-corrected chi connectivity index (χ4v) is 1.39. The van der Waals surface area contributed by atoms with Crippen LogP contribution in [0.25, 0.3) is 0 Å². The summed E-state index contributed by atoms with van der Waals surface area (Å²) < 4.78 is 13.3. The number of rotatable bonds is 2. The highest BCUT2D eigenvalue weighted by atomic mass is 35.5. The molecule has 1 rings (SSSR count). The third-order valence-electron chi connectivity index (χ3n) is 1.76. The number of benzene rings is 1. The van der Waals surface area contributed by atoms with E-state index in [0.717, 1.165) is 6.07 Å². The molecular weight excluding hydrogens is 205 g/mol. The highest BCUT2D eigenvalue weighted by molar-refractivity contribution is 6.32. The molecule has 0 aromatic heterocycles. The van der Waals surface area contributed by atoms with Crippen molar-refractivity contribution in [3.05, 3.63) is 28.5 Å². The maximum Gasteiger partial charge on any atom is 0.137 e. The van der Waals surface area contributed by atoms with Gasteiger partial charge in [0.1, 0.15) is 11.6 Å². The molecule has 0 aliphatic heterocycles. The zero-order chi connectivity index (χ0) is 10.9. The Bertz CT molecular complexity index is 347. The molecule has 0 heterocycles. The van der Waals surface area contributed by atoms with Crippen molar-refractivity contribution in [2.24, 2.45) is 5.73 Å². The molecule has 0 spiro atoms. The summed E-state index contributed by atoms with van der Waals surface area (Å²) in [5.74, 6) is -0.729. The summed E-state index contributed by atoms with van der Waals surface area (Å²) in [6, 6.07) is 2.41. The van der Waals surface area contributed by atoms with Crippen LogP contribution in [0.4, 0.5) is 4.39 Å². The van der Waals surface area contributed by atoms with Gasteiger partial charge < -0.3 is 10.8 Å². The summed E-state index contributed by atoms with van der Waals surface area (Å²) in [6.07, 6.45) is 0.374.